The third kappa shape index (κ3) is 5.91. The molecule has 0 radical (unpaired) electrons. The summed E-state index contributed by atoms with van der Waals surface area (Å²) < 4.78 is 10.1. The van der Waals surface area contributed by atoms with Gasteiger partial charge in [0.25, 0.3) is 0 Å². The molecule has 5 heteroatoms. The summed E-state index contributed by atoms with van der Waals surface area (Å²) in [5, 5.41) is 0. The van der Waals surface area contributed by atoms with Crippen molar-refractivity contribution in [3.05, 3.63) is 35.9 Å². The van der Waals surface area contributed by atoms with E-state index >= 15 is 0 Å². The minimum Gasteiger partial charge on any atom is -0.465 e. The Hall–Kier alpha value is -2.17. The zero-order valence-electron chi connectivity index (χ0n) is 17.7. The fourth-order valence-corrected chi connectivity index (χ4v) is 3.55. The van der Waals surface area contributed by atoms with E-state index in [0.29, 0.717) is 12.8 Å². The van der Waals surface area contributed by atoms with E-state index in [9.17, 15) is 14.4 Å². The first-order valence-electron chi connectivity index (χ1n) is 10.4. The molecule has 0 heterocycles. The quantitative estimate of drug-likeness (QED) is 0.363. The number of unbranched alkanes of at least 4 members (excludes halogenated alkanes) is 2. The summed E-state index contributed by atoms with van der Waals surface area (Å²) >= 11 is 0. The second-order valence-corrected chi connectivity index (χ2v) is 6.96. The van der Waals surface area contributed by atoms with E-state index in [1.165, 1.54) is 0 Å². The van der Waals surface area contributed by atoms with Crippen molar-refractivity contribution in [2.45, 2.75) is 71.6 Å². The van der Waals surface area contributed by atoms with Crippen molar-refractivity contribution < 1.29 is 23.9 Å². The van der Waals surface area contributed by atoms with Crippen LogP contribution in [0, 0.1) is 5.92 Å². The van der Waals surface area contributed by atoms with E-state index in [4.69, 9.17) is 9.47 Å². The molecule has 0 aromatic heterocycles. The van der Waals surface area contributed by atoms with Crippen molar-refractivity contribution in [1.82, 2.24) is 0 Å². The Balaban J connectivity index is 3.50. The summed E-state index contributed by atoms with van der Waals surface area (Å²) in [5.41, 5.74) is -0.0576. The van der Waals surface area contributed by atoms with Gasteiger partial charge >= 0.3 is 11.9 Å². The molecule has 0 saturated carbocycles. The van der Waals surface area contributed by atoms with Crippen LogP contribution in [0.3, 0.4) is 0 Å². The van der Waals surface area contributed by atoms with Gasteiger partial charge in [-0.05, 0) is 32.3 Å². The minimum absolute atomic E-state index is 0.101. The van der Waals surface area contributed by atoms with Gasteiger partial charge in [-0.15, -0.1) is 0 Å². The van der Waals surface area contributed by atoms with Crippen LogP contribution in [-0.4, -0.2) is 30.9 Å². The predicted molar refractivity (Wildman–Crippen MR) is 109 cm³/mol. The zero-order valence-corrected chi connectivity index (χ0v) is 17.7. The summed E-state index contributed by atoms with van der Waals surface area (Å²) in [7, 11) is 0. The average molecular weight is 391 g/mol. The average Bonchev–Trinajstić information content (AvgIpc) is 2.69. The second-order valence-electron chi connectivity index (χ2n) is 6.96. The molecule has 0 bridgehead atoms. The summed E-state index contributed by atoms with van der Waals surface area (Å²) in [6.45, 7) is 7.64. The molecule has 1 aromatic carbocycles. The van der Waals surface area contributed by atoms with Crippen LogP contribution in [0.25, 0.3) is 0 Å². The van der Waals surface area contributed by atoms with Gasteiger partial charge in [0.05, 0.1) is 18.6 Å². The largest absolute Gasteiger partial charge is 0.465 e. The van der Waals surface area contributed by atoms with Crippen LogP contribution in [-0.2, 0) is 29.3 Å². The molecule has 0 spiro atoms. The lowest BCUT2D eigenvalue weighted by Gasteiger charge is -2.35. The van der Waals surface area contributed by atoms with E-state index in [1.807, 2.05) is 30.3 Å². The van der Waals surface area contributed by atoms with Crippen LogP contribution in [0.4, 0.5) is 0 Å². The standard InChI is InChI=1S/C23H34O5/c1-5-9-16-23(17-10-6-2,18-14-12-11-13-15-18)20(24)19(21(25)27-7-3)22(26)28-8-4/h11-15,19H,5-10,16-17H2,1-4H3. The molecule has 1 aromatic rings. The molecule has 0 aliphatic rings. The first kappa shape index (κ1) is 23.9. The lowest BCUT2D eigenvalue weighted by atomic mass is 9.66. The van der Waals surface area contributed by atoms with Crippen LogP contribution in [0.1, 0.15) is 71.8 Å². The van der Waals surface area contributed by atoms with Gasteiger partial charge in [0, 0.05) is 0 Å². The SMILES string of the molecule is CCCCC(CCCC)(C(=O)C(C(=O)OCC)C(=O)OCC)c1ccccc1. The molecule has 0 saturated heterocycles. The van der Waals surface area contributed by atoms with Gasteiger partial charge in [0.1, 0.15) is 0 Å². The maximum atomic E-state index is 13.8. The number of Topliss-reactive ketones (excluding diaryl/α,β-unsaturated/α-hetero) is 1. The van der Waals surface area contributed by atoms with Crippen LogP contribution in [0.15, 0.2) is 30.3 Å². The van der Waals surface area contributed by atoms with Crippen molar-refractivity contribution in [3.8, 4) is 0 Å². The van der Waals surface area contributed by atoms with Gasteiger partial charge in [0.15, 0.2) is 5.78 Å². The van der Waals surface area contributed by atoms with Gasteiger partial charge in [-0.25, -0.2) is 0 Å². The third-order valence-electron chi connectivity index (χ3n) is 5.02. The molecule has 0 fully saturated rings. The smallest absolute Gasteiger partial charge is 0.328 e. The van der Waals surface area contributed by atoms with Gasteiger partial charge in [0.2, 0.25) is 5.92 Å². The van der Waals surface area contributed by atoms with Crippen LogP contribution >= 0.6 is 0 Å². The van der Waals surface area contributed by atoms with Gasteiger partial charge in [-0.1, -0.05) is 69.9 Å². The van der Waals surface area contributed by atoms with Crippen LogP contribution < -0.4 is 0 Å². The van der Waals surface area contributed by atoms with E-state index < -0.39 is 29.1 Å². The Morgan fingerprint density at radius 3 is 1.68 bits per heavy atom. The molecule has 156 valence electrons. The number of carbonyl (C=O) groups is 3. The fourth-order valence-electron chi connectivity index (χ4n) is 3.55. The van der Waals surface area contributed by atoms with Crippen molar-refractivity contribution >= 4 is 17.7 Å². The molecule has 0 atom stereocenters. The first-order valence-corrected chi connectivity index (χ1v) is 10.4. The molecule has 0 aliphatic heterocycles. The molecular weight excluding hydrogens is 356 g/mol. The molecule has 0 amide bonds. The Morgan fingerprint density at radius 2 is 1.29 bits per heavy atom. The van der Waals surface area contributed by atoms with E-state index in [1.54, 1.807) is 13.8 Å². The molecule has 1 rings (SSSR count). The molecule has 28 heavy (non-hydrogen) atoms. The highest BCUT2D eigenvalue weighted by Crippen LogP contribution is 2.39. The number of carbonyl (C=O) groups excluding carboxylic acids is 3. The van der Waals surface area contributed by atoms with E-state index in [-0.39, 0.29) is 13.2 Å². The van der Waals surface area contributed by atoms with Crippen molar-refractivity contribution in [3.63, 3.8) is 0 Å². The normalized spacial score (nSPS) is 11.3. The summed E-state index contributed by atoms with van der Waals surface area (Å²) in [6.07, 6.45) is 4.64. The number of hydrogen-bond acceptors (Lipinski definition) is 5. The fraction of sp³-hybridized carbons (Fsp3) is 0.609. The Morgan fingerprint density at radius 1 is 0.821 bits per heavy atom. The monoisotopic (exact) mass is 390 g/mol. The number of ether oxygens (including phenoxy) is 2. The number of hydrogen-bond donors (Lipinski definition) is 0. The maximum Gasteiger partial charge on any atom is 0.328 e. The molecule has 0 N–H and O–H groups in total. The predicted octanol–water partition coefficient (Wildman–Crippen LogP) is 4.62. The Kier molecular flexibility index (Phi) is 10.5. The topological polar surface area (TPSA) is 69.7 Å². The summed E-state index contributed by atoms with van der Waals surface area (Å²) in [5.74, 6) is -3.59. The zero-order chi connectivity index (χ0) is 21.0. The van der Waals surface area contributed by atoms with E-state index in [0.717, 1.165) is 31.2 Å². The van der Waals surface area contributed by atoms with Crippen LogP contribution in [0.2, 0.25) is 0 Å². The third-order valence-corrected chi connectivity index (χ3v) is 5.02. The van der Waals surface area contributed by atoms with Crippen molar-refractivity contribution in [1.29, 1.82) is 0 Å². The number of ketones is 1. The molecule has 0 aliphatic carbocycles. The Labute approximate surface area is 168 Å². The highest BCUT2D eigenvalue weighted by molar-refractivity contribution is 6.18. The van der Waals surface area contributed by atoms with Gasteiger partial charge < -0.3 is 9.47 Å². The van der Waals surface area contributed by atoms with Crippen molar-refractivity contribution in [2.75, 3.05) is 13.2 Å². The second kappa shape index (κ2) is 12.3. The maximum absolute atomic E-state index is 13.8. The minimum atomic E-state index is -1.55. The number of rotatable bonds is 13. The van der Waals surface area contributed by atoms with Crippen molar-refractivity contribution in [2.24, 2.45) is 5.92 Å². The highest BCUT2D eigenvalue weighted by atomic mass is 16.6. The number of benzene rings is 1. The highest BCUT2D eigenvalue weighted by Gasteiger charge is 2.49. The lowest BCUT2D eigenvalue weighted by molar-refractivity contribution is -0.165. The summed E-state index contributed by atoms with van der Waals surface area (Å²) in [4.78, 5) is 39.0. The van der Waals surface area contributed by atoms with Gasteiger partial charge in [-0.2, -0.15) is 0 Å². The van der Waals surface area contributed by atoms with E-state index in [2.05, 4.69) is 13.8 Å². The molecule has 0 unspecified atom stereocenters. The molecular formula is C23H34O5. The summed E-state index contributed by atoms with van der Waals surface area (Å²) in [6, 6.07) is 9.50. The molecule has 5 nitrogen and oxygen atoms in total. The van der Waals surface area contributed by atoms with Gasteiger partial charge in [-0.3, -0.25) is 14.4 Å². The van der Waals surface area contributed by atoms with Crippen LogP contribution in [0.5, 0.6) is 0 Å². The lowest BCUT2D eigenvalue weighted by Crippen LogP contribution is -2.47. The Bertz CT molecular complexity index is 597. The first-order chi connectivity index (χ1) is 13.5. The number of esters is 2.